The Bertz CT molecular complexity index is 81.3. The van der Waals surface area contributed by atoms with Crippen molar-refractivity contribution < 1.29 is 5.11 Å². The van der Waals surface area contributed by atoms with Crippen LogP contribution >= 0.6 is 0 Å². The number of hydrogen-bond acceptors (Lipinski definition) is 2. The summed E-state index contributed by atoms with van der Waals surface area (Å²) < 4.78 is 0. The lowest BCUT2D eigenvalue weighted by Crippen LogP contribution is -2.23. The fourth-order valence-electron chi connectivity index (χ4n) is 1.08. The van der Waals surface area contributed by atoms with Gasteiger partial charge < -0.3 is 10.8 Å². The summed E-state index contributed by atoms with van der Waals surface area (Å²) in [6.07, 6.45) is 0.615. The normalized spacial score (nSPS) is 17.4. The molecule has 0 fully saturated rings. The molecular weight excluding hydrogens is 126 g/mol. The van der Waals surface area contributed by atoms with E-state index in [0.717, 1.165) is 6.42 Å². The predicted molar refractivity (Wildman–Crippen MR) is 43.7 cm³/mol. The first-order chi connectivity index (χ1) is 4.57. The molecule has 0 rings (SSSR count). The Balaban J connectivity index is 3.60. The van der Waals surface area contributed by atoms with Crippen molar-refractivity contribution in [2.24, 2.45) is 17.6 Å². The van der Waals surface area contributed by atoms with E-state index in [0.29, 0.717) is 18.4 Å². The van der Waals surface area contributed by atoms with Crippen molar-refractivity contribution in [1.82, 2.24) is 0 Å². The van der Waals surface area contributed by atoms with Crippen LogP contribution in [0.1, 0.15) is 27.2 Å². The zero-order chi connectivity index (χ0) is 8.15. The van der Waals surface area contributed by atoms with Gasteiger partial charge in [-0.2, -0.15) is 0 Å². The van der Waals surface area contributed by atoms with Crippen LogP contribution in [0.15, 0.2) is 0 Å². The summed E-state index contributed by atoms with van der Waals surface area (Å²) in [5.74, 6) is 1.06. The Kier molecular flexibility index (Phi) is 4.65. The molecule has 0 aliphatic heterocycles. The maximum atomic E-state index is 9.05. The van der Waals surface area contributed by atoms with Crippen LogP contribution in [-0.4, -0.2) is 17.8 Å². The van der Waals surface area contributed by atoms with Gasteiger partial charge in [0.25, 0.3) is 0 Å². The summed E-state index contributed by atoms with van der Waals surface area (Å²) in [6.45, 7) is 6.77. The molecule has 0 aliphatic carbocycles. The first kappa shape index (κ1) is 9.92. The van der Waals surface area contributed by atoms with Gasteiger partial charge in [-0.25, -0.2) is 0 Å². The standard InChI is InChI=1S/C8H19NO/c1-6(2)8(5-9)4-7(3)10/h6-8,10H,4-5,9H2,1-3H3. The first-order valence-electron chi connectivity index (χ1n) is 3.96. The smallest absolute Gasteiger partial charge is 0.0515 e. The van der Waals surface area contributed by atoms with Gasteiger partial charge in [0.2, 0.25) is 0 Å². The molecule has 3 N–H and O–H groups in total. The van der Waals surface area contributed by atoms with Gasteiger partial charge in [-0.15, -0.1) is 0 Å². The summed E-state index contributed by atoms with van der Waals surface area (Å²) in [7, 11) is 0. The highest BCUT2D eigenvalue weighted by molar-refractivity contribution is 4.66. The van der Waals surface area contributed by atoms with E-state index in [9.17, 15) is 0 Å². The van der Waals surface area contributed by atoms with Gasteiger partial charge >= 0.3 is 0 Å². The van der Waals surface area contributed by atoms with Gasteiger partial charge in [0, 0.05) is 0 Å². The monoisotopic (exact) mass is 145 g/mol. The van der Waals surface area contributed by atoms with Crippen LogP contribution in [0, 0.1) is 11.8 Å². The highest BCUT2D eigenvalue weighted by atomic mass is 16.3. The van der Waals surface area contributed by atoms with E-state index in [1.165, 1.54) is 0 Å². The van der Waals surface area contributed by atoms with Gasteiger partial charge in [-0.3, -0.25) is 0 Å². The molecule has 0 aliphatic rings. The molecule has 0 aromatic rings. The third-order valence-corrected chi connectivity index (χ3v) is 1.89. The number of aliphatic hydroxyl groups is 1. The molecule has 2 unspecified atom stereocenters. The second-order valence-electron chi connectivity index (χ2n) is 3.32. The molecule has 2 atom stereocenters. The molecule has 0 aromatic carbocycles. The van der Waals surface area contributed by atoms with Gasteiger partial charge in [0.1, 0.15) is 0 Å². The minimum Gasteiger partial charge on any atom is -0.393 e. The number of hydrogen-bond donors (Lipinski definition) is 2. The third kappa shape index (κ3) is 3.85. The second kappa shape index (κ2) is 4.69. The Morgan fingerprint density at radius 3 is 1.90 bits per heavy atom. The van der Waals surface area contributed by atoms with Crippen LogP contribution in [0.25, 0.3) is 0 Å². The third-order valence-electron chi connectivity index (χ3n) is 1.89. The zero-order valence-electron chi connectivity index (χ0n) is 7.17. The molecule has 0 heterocycles. The van der Waals surface area contributed by atoms with E-state index in [4.69, 9.17) is 10.8 Å². The summed E-state index contributed by atoms with van der Waals surface area (Å²) >= 11 is 0. The lowest BCUT2D eigenvalue weighted by Gasteiger charge is -2.19. The Hall–Kier alpha value is -0.0800. The average molecular weight is 145 g/mol. The molecule has 0 aromatic heterocycles. The predicted octanol–water partition coefficient (Wildman–Crippen LogP) is 0.988. The van der Waals surface area contributed by atoms with Crippen molar-refractivity contribution in [2.75, 3.05) is 6.54 Å². The van der Waals surface area contributed by atoms with Crippen LogP contribution in [-0.2, 0) is 0 Å². The Morgan fingerprint density at radius 2 is 1.80 bits per heavy atom. The minimum absolute atomic E-state index is 0.212. The van der Waals surface area contributed by atoms with E-state index in [1.807, 2.05) is 6.92 Å². The first-order valence-corrected chi connectivity index (χ1v) is 3.96. The van der Waals surface area contributed by atoms with Crippen LogP contribution < -0.4 is 5.73 Å². The van der Waals surface area contributed by atoms with E-state index < -0.39 is 0 Å². The molecule has 62 valence electrons. The summed E-state index contributed by atoms with van der Waals surface area (Å²) in [5, 5.41) is 9.05. The van der Waals surface area contributed by atoms with Crippen molar-refractivity contribution in [2.45, 2.75) is 33.3 Å². The second-order valence-corrected chi connectivity index (χ2v) is 3.32. The van der Waals surface area contributed by atoms with Gasteiger partial charge in [-0.1, -0.05) is 13.8 Å². The van der Waals surface area contributed by atoms with E-state index >= 15 is 0 Å². The molecule has 0 spiro atoms. The fourth-order valence-corrected chi connectivity index (χ4v) is 1.08. The maximum Gasteiger partial charge on any atom is 0.0515 e. The zero-order valence-corrected chi connectivity index (χ0v) is 7.17. The molecule has 0 amide bonds. The molecule has 2 nitrogen and oxygen atoms in total. The molecule has 0 bridgehead atoms. The molecule has 0 saturated heterocycles. The molecule has 0 saturated carbocycles. The Labute approximate surface area is 63.4 Å². The van der Waals surface area contributed by atoms with Crippen LogP contribution in [0.4, 0.5) is 0 Å². The summed E-state index contributed by atoms with van der Waals surface area (Å²) in [4.78, 5) is 0. The lowest BCUT2D eigenvalue weighted by molar-refractivity contribution is 0.148. The molecular formula is C8H19NO. The largest absolute Gasteiger partial charge is 0.393 e. The SMILES string of the molecule is CC(O)CC(CN)C(C)C. The van der Waals surface area contributed by atoms with Gasteiger partial charge in [0.05, 0.1) is 6.10 Å². The molecule has 2 heteroatoms. The van der Waals surface area contributed by atoms with Crippen molar-refractivity contribution >= 4 is 0 Å². The van der Waals surface area contributed by atoms with E-state index in [2.05, 4.69) is 13.8 Å². The van der Waals surface area contributed by atoms with Gasteiger partial charge in [-0.05, 0) is 31.7 Å². The highest BCUT2D eigenvalue weighted by Crippen LogP contribution is 2.15. The topological polar surface area (TPSA) is 46.2 Å². The number of nitrogens with two attached hydrogens (primary N) is 1. The van der Waals surface area contributed by atoms with E-state index in [-0.39, 0.29) is 6.10 Å². The van der Waals surface area contributed by atoms with Crippen molar-refractivity contribution in [3.8, 4) is 0 Å². The van der Waals surface area contributed by atoms with Gasteiger partial charge in [0.15, 0.2) is 0 Å². The average Bonchev–Trinajstić information content (AvgIpc) is 1.81. The number of aliphatic hydroxyl groups excluding tert-OH is 1. The fraction of sp³-hybridized carbons (Fsp3) is 1.00. The molecule has 10 heavy (non-hydrogen) atoms. The maximum absolute atomic E-state index is 9.05. The summed E-state index contributed by atoms with van der Waals surface area (Å²) in [5.41, 5.74) is 5.51. The number of rotatable bonds is 4. The Morgan fingerprint density at radius 1 is 1.30 bits per heavy atom. The lowest BCUT2D eigenvalue weighted by atomic mass is 9.91. The van der Waals surface area contributed by atoms with Crippen LogP contribution in [0.5, 0.6) is 0 Å². The highest BCUT2D eigenvalue weighted by Gasteiger charge is 2.13. The van der Waals surface area contributed by atoms with E-state index in [1.54, 1.807) is 0 Å². The van der Waals surface area contributed by atoms with Crippen molar-refractivity contribution in [3.63, 3.8) is 0 Å². The minimum atomic E-state index is -0.212. The summed E-state index contributed by atoms with van der Waals surface area (Å²) in [6, 6.07) is 0. The quantitative estimate of drug-likeness (QED) is 0.619. The van der Waals surface area contributed by atoms with Crippen LogP contribution in [0.3, 0.4) is 0 Å². The van der Waals surface area contributed by atoms with Crippen molar-refractivity contribution in [1.29, 1.82) is 0 Å². The van der Waals surface area contributed by atoms with Crippen LogP contribution in [0.2, 0.25) is 0 Å². The molecule has 0 radical (unpaired) electrons. The van der Waals surface area contributed by atoms with Crippen molar-refractivity contribution in [3.05, 3.63) is 0 Å².